The molecule has 0 amide bonds. The van der Waals surface area contributed by atoms with Crippen molar-refractivity contribution in [1.29, 1.82) is 0 Å². The topological polar surface area (TPSA) is 72.9 Å². The van der Waals surface area contributed by atoms with Gasteiger partial charge in [-0.25, -0.2) is 14.5 Å². The summed E-state index contributed by atoms with van der Waals surface area (Å²) in [7, 11) is 1.84. The van der Waals surface area contributed by atoms with Crippen LogP contribution in [0.15, 0.2) is 30.9 Å². The fraction of sp³-hybridized carbons (Fsp3) is 0.200. The van der Waals surface area contributed by atoms with Gasteiger partial charge in [-0.15, -0.1) is 0 Å². The molecular formula is C10H11N7. The second-order valence-electron chi connectivity index (χ2n) is 3.63. The summed E-state index contributed by atoms with van der Waals surface area (Å²) in [6, 6.07) is 3.72. The number of nitrogens with one attached hydrogen (secondary N) is 1. The maximum atomic E-state index is 4.38. The second kappa shape index (κ2) is 3.85. The fourth-order valence-electron chi connectivity index (χ4n) is 1.55. The second-order valence-corrected chi connectivity index (χ2v) is 3.63. The van der Waals surface area contributed by atoms with E-state index in [-0.39, 0.29) is 0 Å². The summed E-state index contributed by atoms with van der Waals surface area (Å²) in [5.74, 6) is 1.52. The molecule has 0 unspecified atom stereocenters. The Morgan fingerprint density at radius 3 is 3.12 bits per heavy atom. The minimum atomic E-state index is 0.554. The van der Waals surface area contributed by atoms with Gasteiger partial charge in [-0.3, -0.25) is 4.68 Å². The molecule has 0 atom stereocenters. The van der Waals surface area contributed by atoms with Crippen LogP contribution >= 0.6 is 0 Å². The Morgan fingerprint density at radius 2 is 2.29 bits per heavy atom. The smallest absolute Gasteiger partial charge is 0.169 e. The Labute approximate surface area is 97.1 Å². The summed E-state index contributed by atoms with van der Waals surface area (Å²) in [4.78, 5) is 8.51. The maximum Gasteiger partial charge on any atom is 0.169 e. The van der Waals surface area contributed by atoms with Gasteiger partial charge in [0, 0.05) is 19.3 Å². The van der Waals surface area contributed by atoms with Gasteiger partial charge in [0.1, 0.15) is 12.1 Å². The van der Waals surface area contributed by atoms with Gasteiger partial charge in [0.2, 0.25) is 0 Å². The molecule has 7 nitrogen and oxygen atoms in total. The number of aryl methyl sites for hydroxylation is 1. The fourth-order valence-corrected chi connectivity index (χ4v) is 1.55. The van der Waals surface area contributed by atoms with E-state index in [1.807, 2.05) is 25.4 Å². The first-order valence-corrected chi connectivity index (χ1v) is 5.20. The van der Waals surface area contributed by atoms with Gasteiger partial charge in [0.15, 0.2) is 11.5 Å². The van der Waals surface area contributed by atoms with E-state index in [4.69, 9.17) is 0 Å². The van der Waals surface area contributed by atoms with Gasteiger partial charge < -0.3 is 5.32 Å². The highest BCUT2D eigenvalue weighted by atomic mass is 15.3. The van der Waals surface area contributed by atoms with Crippen LogP contribution in [-0.2, 0) is 13.6 Å². The van der Waals surface area contributed by atoms with Crippen molar-refractivity contribution in [3.05, 3.63) is 36.7 Å². The SMILES string of the molecule is Cn1cnc(CNc2ccn3nccc3n2)n1. The van der Waals surface area contributed by atoms with E-state index >= 15 is 0 Å². The molecular weight excluding hydrogens is 218 g/mol. The zero-order chi connectivity index (χ0) is 11.7. The number of fused-ring (bicyclic) bond motifs is 1. The molecule has 0 aromatic carbocycles. The molecule has 3 rings (SSSR count). The Balaban J connectivity index is 1.76. The average molecular weight is 229 g/mol. The molecule has 0 radical (unpaired) electrons. The molecule has 0 saturated heterocycles. The van der Waals surface area contributed by atoms with Crippen molar-refractivity contribution in [1.82, 2.24) is 29.4 Å². The monoisotopic (exact) mass is 229 g/mol. The number of nitrogens with zero attached hydrogens (tertiary/aromatic N) is 6. The highest BCUT2D eigenvalue weighted by Gasteiger charge is 2.01. The van der Waals surface area contributed by atoms with E-state index < -0.39 is 0 Å². The lowest BCUT2D eigenvalue weighted by molar-refractivity contribution is 0.747. The summed E-state index contributed by atoms with van der Waals surface area (Å²) in [6.07, 6.45) is 5.24. The third-order valence-corrected chi connectivity index (χ3v) is 2.33. The Hall–Kier alpha value is -2.44. The molecule has 3 heterocycles. The molecule has 0 saturated carbocycles. The lowest BCUT2D eigenvalue weighted by Gasteiger charge is -2.02. The summed E-state index contributed by atoms with van der Waals surface area (Å²) < 4.78 is 3.38. The van der Waals surface area contributed by atoms with Gasteiger partial charge >= 0.3 is 0 Å². The molecule has 7 heteroatoms. The molecule has 0 aliphatic rings. The normalized spacial score (nSPS) is 10.9. The van der Waals surface area contributed by atoms with Gasteiger partial charge in [0.05, 0.1) is 12.7 Å². The van der Waals surface area contributed by atoms with Gasteiger partial charge in [-0.1, -0.05) is 0 Å². The highest BCUT2D eigenvalue weighted by molar-refractivity contribution is 5.45. The van der Waals surface area contributed by atoms with Crippen molar-refractivity contribution in [3.8, 4) is 0 Å². The van der Waals surface area contributed by atoms with E-state index in [0.717, 1.165) is 17.3 Å². The first-order chi connectivity index (χ1) is 8.31. The van der Waals surface area contributed by atoms with Crippen LogP contribution in [0.1, 0.15) is 5.82 Å². The van der Waals surface area contributed by atoms with Crippen LogP contribution in [0.25, 0.3) is 5.65 Å². The Bertz CT molecular complexity index is 639. The minimum Gasteiger partial charge on any atom is -0.363 e. The first-order valence-electron chi connectivity index (χ1n) is 5.20. The van der Waals surface area contributed by atoms with E-state index in [1.165, 1.54) is 0 Å². The molecule has 0 aliphatic heterocycles. The summed E-state index contributed by atoms with van der Waals surface area (Å²) in [6.45, 7) is 0.554. The van der Waals surface area contributed by atoms with Crippen molar-refractivity contribution in [2.45, 2.75) is 6.54 Å². The van der Waals surface area contributed by atoms with Crippen molar-refractivity contribution >= 4 is 11.5 Å². The Morgan fingerprint density at radius 1 is 1.35 bits per heavy atom. The van der Waals surface area contributed by atoms with E-state index in [2.05, 4.69) is 25.5 Å². The predicted molar refractivity (Wildman–Crippen MR) is 61.3 cm³/mol. The molecule has 86 valence electrons. The van der Waals surface area contributed by atoms with Gasteiger partial charge in [-0.05, 0) is 6.07 Å². The van der Waals surface area contributed by atoms with Gasteiger partial charge in [0.25, 0.3) is 0 Å². The van der Waals surface area contributed by atoms with Crippen LogP contribution in [-0.4, -0.2) is 29.4 Å². The molecule has 0 spiro atoms. The number of hydrogen-bond donors (Lipinski definition) is 1. The van der Waals surface area contributed by atoms with Crippen molar-refractivity contribution in [3.63, 3.8) is 0 Å². The molecule has 17 heavy (non-hydrogen) atoms. The van der Waals surface area contributed by atoms with E-state index in [9.17, 15) is 0 Å². The van der Waals surface area contributed by atoms with Crippen LogP contribution in [0.3, 0.4) is 0 Å². The molecule has 1 N–H and O–H groups in total. The third-order valence-electron chi connectivity index (χ3n) is 2.33. The zero-order valence-electron chi connectivity index (χ0n) is 9.28. The molecule has 0 fully saturated rings. The number of hydrogen-bond acceptors (Lipinski definition) is 5. The van der Waals surface area contributed by atoms with E-state index in [1.54, 1.807) is 21.7 Å². The number of rotatable bonds is 3. The quantitative estimate of drug-likeness (QED) is 0.706. The lowest BCUT2D eigenvalue weighted by Crippen LogP contribution is -2.04. The Kier molecular flexibility index (Phi) is 2.21. The molecule has 0 aliphatic carbocycles. The van der Waals surface area contributed by atoms with E-state index in [0.29, 0.717) is 6.54 Å². The minimum absolute atomic E-state index is 0.554. The van der Waals surface area contributed by atoms with Crippen LogP contribution < -0.4 is 5.32 Å². The first kappa shape index (κ1) is 9.76. The van der Waals surface area contributed by atoms with Crippen LogP contribution in [0.2, 0.25) is 0 Å². The number of anilines is 1. The number of aromatic nitrogens is 6. The van der Waals surface area contributed by atoms with Crippen molar-refractivity contribution < 1.29 is 0 Å². The van der Waals surface area contributed by atoms with Crippen molar-refractivity contribution in [2.24, 2.45) is 7.05 Å². The zero-order valence-corrected chi connectivity index (χ0v) is 9.28. The largest absolute Gasteiger partial charge is 0.363 e. The summed E-state index contributed by atoms with van der Waals surface area (Å²) >= 11 is 0. The average Bonchev–Trinajstić information content (AvgIpc) is 2.94. The highest BCUT2D eigenvalue weighted by Crippen LogP contribution is 2.06. The van der Waals surface area contributed by atoms with Gasteiger partial charge in [-0.2, -0.15) is 10.2 Å². The molecule has 0 bridgehead atoms. The lowest BCUT2D eigenvalue weighted by atomic mass is 10.5. The third kappa shape index (κ3) is 1.94. The maximum absolute atomic E-state index is 4.38. The summed E-state index contributed by atoms with van der Waals surface area (Å²) in [5, 5.41) is 11.4. The van der Waals surface area contributed by atoms with Crippen LogP contribution in [0, 0.1) is 0 Å². The summed E-state index contributed by atoms with van der Waals surface area (Å²) in [5.41, 5.74) is 0.809. The standard InChI is InChI=1S/C10H11N7/c1-16-7-12-9(15-16)6-11-8-3-5-17-10(14-8)2-4-13-17/h2-5,7H,6H2,1H3,(H,11,14). The van der Waals surface area contributed by atoms with Crippen LogP contribution in [0.4, 0.5) is 5.82 Å². The predicted octanol–water partition coefficient (Wildman–Crippen LogP) is 0.470. The van der Waals surface area contributed by atoms with Crippen LogP contribution in [0.5, 0.6) is 0 Å². The molecule has 3 aromatic heterocycles. The van der Waals surface area contributed by atoms with Crippen molar-refractivity contribution in [2.75, 3.05) is 5.32 Å². The molecule has 3 aromatic rings.